The zero-order valence-electron chi connectivity index (χ0n) is 9.95. The summed E-state index contributed by atoms with van der Waals surface area (Å²) in [5.74, 6) is 0.390. The van der Waals surface area contributed by atoms with Crippen molar-refractivity contribution >= 4 is 0 Å². The minimum atomic E-state index is -0.400. The average Bonchev–Trinajstić information content (AvgIpc) is 2.69. The van der Waals surface area contributed by atoms with E-state index >= 15 is 0 Å². The van der Waals surface area contributed by atoms with E-state index in [9.17, 15) is 9.50 Å². The molecule has 0 spiro atoms. The van der Waals surface area contributed by atoms with Gasteiger partial charge in [0.25, 0.3) is 0 Å². The third-order valence-electron chi connectivity index (χ3n) is 3.09. The third kappa shape index (κ3) is 2.96. The molecule has 0 heterocycles. The van der Waals surface area contributed by atoms with Gasteiger partial charge in [0.15, 0.2) is 0 Å². The summed E-state index contributed by atoms with van der Waals surface area (Å²) >= 11 is 0. The fourth-order valence-corrected chi connectivity index (χ4v) is 2.20. The second-order valence-electron chi connectivity index (χ2n) is 4.44. The van der Waals surface area contributed by atoms with Crippen LogP contribution >= 0.6 is 0 Å². The Morgan fingerprint density at radius 2 is 2.29 bits per heavy atom. The molecule has 2 rings (SSSR count). The second kappa shape index (κ2) is 5.47. The lowest BCUT2D eigenvalue weighted by atomic mass is 10.2. The predicted octanol–water partition coefficient (Wildman–Crippen LogP) is 1.84. The lowest BCUT2D eigenvalue weighted by Gasteiger charge is -2.19. The number of benzene rings is 1. The number of nitrogens with one attached hydrogen (secondary N) is 1. The van der Waals surface area contributed by atoms with Crippen molar-refractivity contribution in [1.29, 1.82) is 0 Å². The highest BCUT2D eigenvalue weighted by molar-refractivity contribution is 5.34. The minimum absolute atomic E-state index is 0.156. The van der Waals surface area contributed by atoms with Crippen molar-refractivity contribution in [3.8, 4) is 5.75 Å². The van der Waals surface area contributed by atoms with E-state index in [0.717, 1.165) is 24.8 Å². The van der Waals surface area contributed by atoms with Crippen molar-refractivity contribution in [3.05, 3.63) is 29.6 Å². The van der Waals surface area contributed by atoms with E-state index in [0.29, 0.717) is 12.3 Å². The summed E-state index contributed by atoms with van der Waals surface area (Å²) in [4.78, 5) is 0. The first-order chi connectivity index (χ1) is 8.20. The van der Waals surface area contributed by atoms with Crippen LogP contribution < -0.4 is 10.1 Å². The molecular formula is C13H18FNO2. The van der Waals surface area contributed by atoms with Gasteiger partial charge in [0, 0.05) is 12.1 Å². The van der Waals surface area contributed by atoms with Gasteiger partial charge in [0.1, 0.15) is 17.7 Å². The minimum Gasteiger partial charge on any atom is -0.487 e. The van der Waals surface area contributed by atoms with Gasteiger partial charge in [0.2, 0.25) is 0 Å². The highest BCUT2D eigenvalue weighted by atomic mass is 19.1. The van der Waals surface area contributed by atoms with Crippen LogP contribution in [0.3, 0.4) is 0 Å². The molecule has 17 heavy (non-hydrogen) atoms. The summed E-state index contributed by atoms with van der Waals surface area (Å²) < 4.78 is 18.9. The van der Waals surface area contributed by atoms with E-state index in [1.54, 1.807) is 13.1 Å². The van der Waals surface area contributed by atoms with Crippen LogP contribution in [0.15, 0.2) is 18.2 Å². The maximum Gasteiger partial charge on any atom is 0.124 e. The summed E-state index contributed by atoms with van der Waals surface area (Å²) in [6.07, 6.45) is 2.07. The summed E-state index contributed by atoms with van der Waals surface area (Å²) in [5, 5.41) is 12.7. The Morgan fingerprint density at radius 3 is 2.94 bits per heavy atom. The van der Waals surface area contributed by atoms with Gasteiger partial charge in [0.05, 0.1) is 6.10 Å². The van der Waals surface area contributed by atoms with Crippen LogP contribution in [0, 0.1) is 5.82 Å². The molecule has 0 bridgehead atoms. The topological polar surface area (TPSA) is 41.5 Å². The Hall–Kier alpha value is -1.13. The SMILES string of the molecule is CNCc1cc(F)ccc1OC1CCCC1O. The molecule has 0 amide bonds. The molecule has 2 unspecified atom stereocenters. The number of rotatable bonds is 4. The van der Waals surface area contributed by atoms with Crippen LogP contribution in [-0.2, 0) is 6.54 Å². The largest absolute Gasteiger partial charge is 0.487 e. The number of hydrogen-bond donors (Lipinski definition) is 2. The highest BCUT2D eigenvalue weighted by Crippen LogP contribution is 2.27. The predicted molar refractivity (Wildman–Crippen MR) is 63.4 cm³/mol. The van der Waals surface area contributed by atoms with Crippen LogP contribution in [0.2, 0.25) is 0 Å². The molecular weight excluding hydrogens is 221 g/mol. The number of aliphatic hydroxyl groups excluding tert-OH is 1. The van der Waals surface area contributed by atoms with E-state index in [1.165, 1.54) is 12.1 Å². The molecule has 0 saturated heterocycles. The van der Waals surface area contributed by atoms with Gasteiger partial charge < -0.3 is 15.2 Å². The van der Waals surface area contributed by atoms with E-state index in [2.05, 4.69) is 5.32 Å². The van der Waals surface area contributed by atoms with Crippen molar-refractivity contribution in [2.24, 2.45) is 0 Å². The quantitative estimate of drug-likeness (QED) is 0.842. The molecule has 1 fully saturated rings. The van der Waals surface area contributed by atoms with Crippen molar-refractivity contribution in [2.75, 3.05) is 7.05 Å². The molecule has 2 atom stereocenters. The fourth-order valence-electron chi connectivity index (χ4n) is 2.20. The monoisotopic (exact) mass is 239 g/mol. The highest BCUT2D eigenvalue weighted by Gasteiger charge is 2.27. The van der Waals surface area contributed by atoms with Gasteiger partial charge >= 0.3 is 0 Å². The lowest BCUT2D eigenvalue weighted by Crippen LogP contribution is -2.26. The molecule has 4 heteroatoms. The summed E-state index contributed by atoms with van der Waals surface area (Å²) in [5.41, 5.74) is 0.784. The summed E-state index contributed by atoms with van der Waals surface area (Å²) in [6.45, 7) is 0.551. The standard InChI is InChI=1S/C13H18FNO2/c1-15-8-9-7-10(14)5-6-12(9)17-13-4-2-3-11(13)16/h5-7,11,13,15-16H,2-4,8H2,1H3. The van der Waals surface area contributed by atoms with Gasteiger partial charge in [-0.1, -0.05) is 0 Å². The molecule has 0 aromatic heterocycles. The number of aliphatic hydroxyl groups is 1. The van der Waals surface area contributed by atoms with Crippen LogP contribution in [0.25, 0.3) is 0 Å². The van der Waals surface area contributed by atoms with Gasteiger partial charge in [-0.2, -0.15) is 0 Å². The number of hydrogen-bond acceptors (Lipinski definition) is 3. The van der Waals surface area contributed by atoms with Gasteiger partial charge in [-0.15, -0.1) is 0 Å². The van der Waals surface area contributed by atoms with E-state index in [-0.39, 0.29) is 11.9 Å². The number of ether oxygens (including phenoxy) is 1. The van der Waals surface area contributed by atoms with Crippen molar-refractivity contribution in [1.82, 2.24) is 5.32 Å². The Bertz CT molecular complexity index is 384. The Kier molecular flexibility index (Phi) is 3.97. The molecule has 0 radical (unpaired) electrons. The molecule has 94 valence electrons. The zero-order chi connectivity index (χ0) is 12.3. The maximum absolute atomic E-state index is 13.1. The first kappa shape index (κ1) is 12.3. The lowest BCUT2D eigenvalue weighted by molar-refractivity contribution is 0.0597. The van der Waals surface area contributed by atoms with Crippen LogP contribution in [0.1, 0.15) is 24.8 Å². The first-order valence-electron chi connectivity index (χ1n) is 5.98. The van der Waals surface area contributed by atoms with Crippen LogP contribution in [0.5, 0.6) is 5.75 Å². The maximum atomic E-state index is 13.1. The smallest absolute Gasteiger partial charge is 0.124 e. The van der Waals surface area contributed by atoms with Crippen molar-refractivity contribution in [2.45, 2.75) is 38.0 Å². The number of halogens is 1. The average molecular weight is 239 g/mol. The molecule has 3 nitrogen and oxygen atoms in total. The molecule has 1 aliphatic carbocycles. The Morgan fingerprint density at radius 1 is 1.47 bits per heavy atom. The second-order valence-corrected chi connectivity index (χ2v) is 4.44. The molecule has 2 N–H and O–H groups in total. The molecule has 1 aromatic rings. The molecule has 0 aliphatic heterocycles. The molecule has 1 aromatic carbocycles. The van der Waals surface area contributed by atoms with E-state index in [4.69, 9.17) is 4.74 Å². The Labute approximate surface area is 101 Å². The summed E-state index contributed by atoms with van der Waals surface area (Å²) in [7, 11) is 1.80. The fraction of sp³-hybridized carbons (Fsp3) is 0.538. The van der Waals surface area contributed by atoms with Crippen molar-refractivity contribution in [3.63, 3.8) is 0 Å². The van der Waals surface area contributed by atoms with Crippen molar-refractivity contribution < 1.29 is 14.2 Å². The zero-order valence-corrected chi connectivity index (χ0v) is 9.95. The van der Waals surface area contributed by atoms with E-state index < -0.39 is 6.10 Å². The first-order valence-corrected chi connectivity index (χ1v) is 5.98. The van der Waals surface area contributed by atoms with Crippen LogP contribution in [-0.4, -0.2) is 24.4 Å². The van der Waals surface area contributed by atoms with Gasteiger partial charge in [-0.25, -0.2) is 4.39 Å². The Balaban J connectivity index is 2.13. The molecule has 1 saturated carbocycles. The van der Waals surface area contributed by atoms with Gasteiger partial charge in [-0.05, 0) is 44.5 Å². The van der Waals surface area contributed by atoms with Gasteiger partial charge in [-0.3, -0.25) is 0 Å². The van der Waals surface area contributed by atoms with Crippen LogP contribution in [0.4, 0.5) is 4.39 Å². The molecule has 1 aliphatic rings. The third-order valence-corrected chi connectivity index (χ3v) is 3.09. The normalized spacial score (nSPS) is 23.9. The van der Waals surface area contributed by atoms with E-state index in [1.807, 2.05) is 0 Å². The summed E-state index contributed by atoms with van der Waals surface area (Å²) in [6, 6.07) is 4.48.